The molecule has 3 heterocycles. The lowest BCUT2D eigenvalue weighted by atomic mass is 10.1. The molecule has 1 fully saturated rings. The Labute approximate surface area is 121 Å². The Morgan fingerprint density at radius 3 is 3.00 bits per heavy atom. The third-order valence-electron chi connectivity index (χ3n) is 3.89. The van der Waals surface area contributed by atoms with Crippen molar-refractivity contribution >= 4 is 26.7 Å². The van der Waals surface area contributed by atoms with Crippen molar-refractivity contribution in [3.05, 3.63) is 42.2 Å². The molecule has 102 valence electrons. The number of hydrogen-bond acceptors (Lipinski definition) is 4. The number of aryl methyl sites for hydroxylation is 1. The molecule has 1 aromatic carbocycles. The second-order valence-corrected chi connectivity index (χ2v) is 6.27. The van der Waals surface area contributed by atoms with Crippen LogP contribution in [0, 0.1) is 0 Å². The molecule has 0 amide bonds. The molecule has 1 aliphatic heterocycles. The van der Waals surface area contributed by atoms with E-state index in [1.807, 2.05) is 17.9 Å². The Morgan fingerprint density at radius 2 is 2.20 bits per heavy atom. The molecule has 5 heteroatoms. The first-order valence-corrected chi connectivity index (χ1v) is 7.74. The maximum atomic E-state index is 4.79. The number of hydrogen-bond donors (Lipinski definition) is 0. The number of rotatable bonds is 2. The highest BCUT2D eigenvalue weighted by atomic mass is 32.1. The van der Waals surface area contributed by atoms with E-state index in [9.17, 15) is 0 Å². The summed E-state index contributed by atoms with van der Waals surface area (Å²) in [4.78, 5) is 7.23. The van der Waals surface area contributed by atoms with Crippen LogP contribution in [-0.2, 0) is 7.05 Å². The first-order valence-electron chi connectivity index (χ1n) is 6.92. The molecule has 0 bridgehead atoms. The minimum absolute atomic E-state index is 0.421. The second-order valence-electron chi connectivity index (χ2n) is 5.26. The van der Waals surface area contributed by atoms with E-state index in [-0.39, 0.29) is 0 Å². The first kappa shape index (κ1) is 11.9. The number of nitrogens with zero attached hydrogens (tertiary/aromatic N) is 4. The van der Waals surface area contributed by atoms with E-state index in [1.165, 1.54) is 23.1 Å². The predicted octanol–water partition coefficient (Wildman–Crippen LogP) is 3.37. The number of benzene rings is 1. The van der Waals surface area contributed by atoms with Crippen LogP contribution in [0.5, 0.6) is 0 Å². The Morgan fingerprint density at radius 1 is 1.30 bits per heavy atom. The molecule has 0 saturated carbocycles. The zero-order chi connectivity index (χ0) is 13.5. The molecule has 1 saturated heterocycles. The van der Waals surface area contributed by atoms with Gasteiger partial charge in [0, 0.05) is 25.4 Å². The Bertz CT molecular complexity index is 712. The van der Waals surface area contributed by atoms with E-state index in [1.54, 1.807) is 11.3 Å². The molecule has 3 aromatic rings. The average molecular weight is 284 g/mol. The Hall–Kier alpha value is -1.88. The molecular weight excluding hydrogens is 268 g/mol. The highest BCUT2D eigenvalue weighted by Crippen LogP contribution is 2.39. The van der Waals surface area contributed by atoms with Crippen molar-refractivity contribution in [2.75, 3.05) is 11.4 Å². The number of para-hydroxylation sites is 1. The van der Waals surface area contributed by atoms with Crippen LogP contribution in [-0.4, -0.2) is 21.3 Å². The summed E-state index contributed by atoms with van der Waals surface area (Å²) < 4.78 is 3.14. The molecule has 0 spiro atoms. The van der Waals surface area contributed by atoms with Gasteiger partial charge in [-0.2, -0.15) is 5.10 Å². The SMILES string of the molecule is Cn1cc([C@@H]2CCCN2c2nc3ccccc3s2)cn1. The van der Waals surface area contributed by atoms with Gasteiger partial charge < -0.3 is 4.90 Å². The summed E-state index contributed by atoms with van der Waals surface area (Å²) in [7, 11) is 1.97. The van der Waals surface area contributed by atoms with Crippen LogP contribution in [0.15, 0.2) is 36.7 Å². The van der Waals surface area contributed by atoms with E-state index >= 15 is 0 Å². The van der Waals surface area contributed by atoms with Gasteiger partial charge in [-0.25, -0.2) is 4.98 Å². The fourth-order valence-corrected chi connectivity index (χ4v) is 3.98. The van der Waals surface area contributed by atoms with Gasteiger partial charge in [-0.3, -0.25) is 4.68 Å². The summed E-state index contributed by atoms with van der Waals surface area (Å²) in [5.41, 5.74) is 2.40. The van der Waals surface area contributed by atoms with Crippen LogP contribution < -0.4 is 4.90 Å². The minimum atomic E-state index is 0.421. The normalized spacial score (nSPS) is 19.1. The molecule has 4 nitrogen and oxygen atoms in total. The highest BCUT2D eigenvalue weighted by molar-refractivity contribution is 7.22. The number of fused-ring (bicyclic) bond motifs is 1. The smallest absolute Gasteiger partial charge is 0.186 e. The van der Waals surface area contributed by atoms with Crippen LogP contribution in [0.25, 0.3) is 10.2 Å². The predicted molar refractivity (Wildman–Crippen MR) is 82.1 cm³/mol. The Balaban J connectivity index is 1.72. The average Bonchev–Trinajstić information content (AvgIpc) is 3.15. The fourth-order valence-electron chi connectivity index (χ4n) is 2.94. The Kier molecular flexibility index (Phi) is 2.73. The summed E-state index contributed by atoms with van der Waals surface area (Å²) in [5, 5.41) is 5.44. The van der Waals surface area contributed by atoms with Crippen LogP contribution >= 0.6 is 11.3 Å². The largest absolute Gasteiger partial charge is 0.341 e. The quantitative estimate of drug-likeness (QED) is 0.723. The number of aromatic nitrogens is 3. The van der Waals surface area contributed by atoms with Crippen molar-refractivity contribution in [2.45, 2.75) is 18.9 Å². The van der Waals surface area contributed by atoms with Gasteiger partial charge in [0.05, 0.1) is 22.5 Å². The third-order valence-corrected chi connectivity index (χ3v) is 4.96. The van der Waals surface area contributed by atoms with Crippen molar-refractivity contribution in [2.24, 2.45) is 7.05 Å². The highest BCUT2D eigenvalue weighted by Gasteiger charge is 2.29. The van der Waals surface area contributed by atoms with Crippen molar-refractivity contribution in [3.8, 4) is 0 Å². The number of thiazole rings is 1. The van der Waals surface area contributed by atoms with Crippen molar-refractivity contribution in [1.82, 2.24) is 14.8 Å². The summed E-state index contributed by atoms with van der Waals surface area (Å²) in [6.07, 6.45) is 6.50. The van der Waals surface area contributed by atoms with Gasteiger partial charge in [-0.05, 0) is 25.0 Å². The summed E-state index contributed by atoms with van der Waals surface area (Å²) in [5.74, 6) is 0. The van der Waals surface area contributed by atoms with Crippen molar-refractivity contribution in [1.29, 1.82) is 0 Å². The third kappa shape index (κ3) is 1.89. The zero-order valence-corrected chi connectivity index (χ0v) is 12.2. The molecule has 0 N–H and O–H groups in total. The van der Waals surface area contributed by atoms with Crippen LogP contribution in [0.3, 0.4) is 0 Å². The van der Waals surface area contributed by atoms with Gasteiger partial charge in [-0.1, -0.05) is 23.5 Å². The van der Waals surface area contributed by atoms with Crippen LogP contribution in [0.1, 0.15) is 24.4 Å². The van der Waals surface area contributed by atoms with Crippen molar-refractivity contribution in [3.63, 3.8) is 0 Å². The molecule has 2 aromatic heterocycles. The van der Waals surface area contributed by atoms with E-state index in [0.29, 0.717) is 6.04 Å². The van der Waals surface area contributed by atoms with Crippen molar-refractivity contribution < 1.29 is 0 Å². The lowest BCUT2D eigenvalue weighted by Crippen LogP contribution is -2.21. The summed E-state index contributed by atoms with van der Waals surface area (Å²) >= 11 is 1.79. The molecule has 0 radical (unpaired) electrons. The summed E-state index contributed by atoms with van der Waals surface area (Å²) in [6.45, 7) is 1.08. The van der Waals surface area contributed by atoms with Crippen LogP contribution in [0.4, 0.5) is 5.13 Å². The van der Waals surface area contributed by atoms with E-state index in [0.717, 1.165) is 17.2 Å². The van der Waals surface area contributed by atoms with Gasteiger partial charge in [-0.15, -0.1) is 0 Å². The molecule has 1 aliphatic rings. The maximum Gasteiger partial charge on any atom is 0.186 e. The van der Waals surface area contributed by atoms with Gasteiger partial charge in [0.15, 0.2) is 5.13 Å². The molecule has 4 rings (SSSR count). The monoisotopic (exact) mass is 284 g/mol. The number of anilines is 1. The van der Waals surface area contributed by atoms with Gasteiger partial charge in [0.1, 0.15) is 0 Å². The first-order chi connectivity index (χ1) is 9.81. The van der Waals surface area contributed by atoms with Gasteiger partial charge in [0.25, 0.3) is 0 Å². The topological polar surface area (TPSA) is 34.0 Å². The van der Waals surface area contributed by atoms with E-state index < -0.39 is 0 Å². The molecular formula is C15H16N4S. The van der Waals surface area contributed by atoms with E-state index in [4.69, 9.17) is 4.98 Å². The lowest BCUT2D eigenvalue weighted by molar-refractivity contribution is 0.714. The van der Waals surface area contributed by atoms with E-state index in [2.05, 4.69) is 40.5 Å². The molecule has 0 unspecified atom stereocenters. The van der Waals surface area contributed by atoms with Crippen LogP contribution in [0.2, 0.25) is 0 Å². The second kappa shape index (κ2) is 4.59. The maximum absolute atomic E-state index is 4.79. The molecule has 1 atom stereocenters. The van der Waals surface area contributed by atoms with Gasteiger partial charge in [0.2, 0.25) is 0 Å². The standard InChI is InChI=1S/C15H16N4S/c1-18-10-11(9-16-18)13-6-4-8-19(13)15-17-12-5-2-3-7-14(12)20-15/h2-3,5,7,9-10,13H,4,6,8H2,1H3/t13-/m0/s1. The molecule has 20 heavy (non-hydrogen) atoms. The lowest BCUT2D eigenvalue weighted by Gasteiger charge is -2.22. The zero-order valence-electron chi connectivity index (χ0n) is 11.4. The molecule has 0 aliphatic carbocycles. The summed E-state index contributed by atoms with van der Waals surface area (Å²) in [6, 6.07) is 8.78. The fraction of sp³-hybridized carbons (Fsp3) is 0.333. The van der Waals surface area contributed by atoms with Gasteiger partial charge >= 0.3 is 0 Å². The minimum Gasteiger partial charge on any atom is -0.341 e.